The number of nitro groups is 1. The first-order valence-corrected chi connectivity index (χ1v) is 5.76. The summed E-state index contributed by atoms with van der Waals surface area (Å²) in [5.41, 5.74) is 5.20. The number of rotatable bonds is 8. The molecule has 0 aliphatic rings. The summed E-state index contributed by atoms with van der Waals surface area (Å²) in [6.45, 7) is 0.768. The molecule has 0 spiro atoms. The Bertz CT molecular complexity index is 399. The maximum absolute atomic E-state index is 10.7. The van der Waals surface area contributed by atoms with Crippen molar-refractivity contribution in [1.82, 2.24) is 9.97 Å². The van der Waals surface area contributed by atoms with Gasteiger partial charge in [0.25, 0.3) is 0 Å². The van der Waals surface area contributed by atoms with Gasteiger partial charge in [-0.15, -0.1) is 0 Å². The molecule has 4 N–H and O–H groups in total. The Morgan fingerprint density at radius 1 is 1.39 bits per heavy atom. The number of nitrogen functional groups attached to an aromatic ring is 1. The number of aliphatic hydroxyl groups is 1. The molecule has 8 nitrogen and oxygen atoms in total. The van der Waals surface area contributed by atoms with Crippen molar-refractivity contribution in [3.05, 3.63) is 16.3 Å². The largest absolute Gasteiger partial charge is 0.396 e. The zero-order chi connectivity index (χ0) is 13.4. The van der Waals surface area contributed by atoms with Crippen LogP contribution in [0.25, 0.3) is 0 Å². The van der Waals surface area contributed by atoms with Crippen LogP contribution in [0.1, 0.15) is 25.7 Å². The molecule has 0 atom stereocenters. The average Bonchev–Trinajstić information content (AvgIpc) is 2.33. The second-order valence-corrected chi connectivity index (χ2v) is 3.78. The Morgan fingerprint density at radius 3 is 2.78 bits per heavy atom. The van der Waals surface area contributed by atoms with Gasteiger partial charge in [-0.2, -0.15) is 4.98 Å². The summed E-state index contributed by atoms with van der Waals surface area (Å²) in [7, 11) is 0. The lowest BCUT2D eigenvalue weighted by Crippen LogP contribution is -2.08. The van der Waals surface area contributed by atoms with Gasteiger partial charge in [-0.3, -0.25) is 10.1 Å². The lowest BCUT2D eigenvalue weighted by atomic mass is 10.2. The number of anilines is 2. The summed E-state index contributed by atoms with van der Waals surface area (Å²) in [5, 5.41) is 22.2. The normalized spacial score (nSPS) is 10.3. The van der Waals surface area contributed by atoms with E-state index in [4.69, 9.17) is 10.8 Å². The SMILES string of the molecule is Nc1ncc([N+](=O)[O-])c(NCCCCCCO)n1. The van der Waals surface area contributed by atoms with Crippen LogP contribution in [0.15, 0.2) is 6.20 Å². The number of hydrogen-bond donors (Lipinski definition) is 3. The van der Waals surface area contributed by atoms with Gasteiger partial charge in [0.15, 0.2) is 0 Å². The number of nitrogens with two attached hydrogens (primary N) is 1. The minimum absolute atomic E-state index is 0.00313. The molecule has 0 aliphatic heterocycles. The van der Waals surface area contributed by atoms with Crippen molar-refractivity contribution in [2.24, 2.45) is 0 Å². The first-order valence-electron chi connectivity index (χ1n) is 5.76. The maximum atomic E-state index is 10.7. The van der Waals surface area contributed by atoms with E-state index in [9.17, 15) is 10.1 Å². The van der Waals surface area contributed by atoms with Crippen LogP contribution in [0.3, 0.4) is 0 Å². The highest BCUT2D eigenvalue weighted by molar-refractivity contribution is 5.56. The number of hydrogen-bond acceptors (Lipinski definition) is 7. The monoisotopic (exact) mass is 255 g/mol. The number of nitrogens with zero attached hydrogens (tertiary/aromatic N) is 3. The van der Waals surface area contributed by atoms with Crippen LogP contribution < -0.4 is 11.1 Å². The van der Waals surface area contributed by atoms with Crippen LogP contribution in [-0.2, 0) is 0 Å². The summed E-state index contributed by atoms with van der Waals surface area (Å²) in [5.74, 6) is 0.151. The molecule has 0 aromatic carbocycles. The van der Waals surface area contributed by atoms with E-state index in [2.05, 4.69) is 15.3 Å². The van der Waals surface area contributed by atoms with Gasteiger partial charge < -0.3 is 16.2 Å². The van der Waals surface area contributed by atoms with Crippen molar-refractivity contribution < 1.29 is 10.0 Å². The predicted octanol–water partition coefficient (Wildman–Crippen LogP) is 0.932. The molecule has 1 aromatic rings. The summed E-state index contributed by atoms with van der Waals surface area (Å²) in [6, 6.07) is 0. The molecular weight excluding hydrogens is 238 g/mol. The minimum atomic E-state index is -0.548. The van der Waals surface area contributed by atoms with Crippen LogP contribution in [0.5, 0.6) is 0 Å². The molecule has 0 saturated carbocycles. The van der Waals surface area contributed by atoms with Crippen LogP contribution in [0.4, 0.5) is 17.5 Å². The van der Waals surface area contributed by atoms with E-state index in [1.165, 1.54) is 0 Å². The molecule has 0 unspecified atom stereocenters. The molecule has 0 bridgehead atoms. The highest BCUT2D eigenvalue weighted by Gasteiger charge is 2.15. The van der Waals surface area contributed by atoms with Gasteiger partial charge in [-0.1, -0.05) is 12.8 Å². The summed E-state index contributed by atoms with van der Waals surface area (Å²) >= 11 is 0. The molecule has 0 aliphatic carbocycles. The Hall–Kier alpha value is -1.96. The Kier molecular flexibility index (Phi) is 5.78. The number of aliphatic hydroxyl groups excluding tert-OH is 1. The van der Waals surface area contributed by atoms with E-state index in [-0.39, 0.29) is 24.1 Å². The maximum Gasteiger partial charge on any atom is 0.329 e. The van der Waals surface area contributed by atoms with Crippen molar-refractivity contribution in [1.29, 1.82) is 0 Å². The van der Waals surface area contributed by atoms with E-state index in [0.29, 0.717) is 6.54 Å². The third kappa shape index (κ3) is 4.50. The van der Waals surface area contributed by atoms with E-state index in [0.717, 1.165) is 31.9 Å². The quantitative estimate of drug-likeness (QED) is 0.358. The standard InChI is InChI=1S/C10H17N5O3/c11-10-13-7-8(15(17)18)9(14-10)12-5-3-1-2-4-6-16/h7,16H,1-6H2,(H3,11,12,13,14). The molecule has 0 radical (unpaired) electrons. The van der Waals surface area contributed by atoms with E-state index >= 15 is 0 Å². The first-order chi connectivity index (χ1) is 8.65. The Balaban J connectivity index is 2.45. The topological polar surface area (TPSA) is 127 Å². The second kappa shape index (κ2) is 7.38. The van der Waals surface area contributed by atoms with E-state index < -0.39 is 4.92 Å². The van der Waals surface area contributed by atoms with Gasteiger partial charge >= 0.3 is 5.69 Å². The van der Waals surface area contributed by atoms with E-state index in [1.54, 1.807) is 0 Å². The molecule has 1 rings (SSSR count). The fraction of sp³-hybridized carbons (Fsp3) is 0.600. The van der Waals surface area contributed by atoms with Gasteiger partial charge in [0.05, 0.1) is 4.92 Å². The lowest BCUT2D eigenvalue weighted by molar-refractivity contribution is -0.384. The number of unbranched alkanes of at least 4 members (excludes halogenated alkanes) is 3. The summed E-state index contributed by atoms with van der Waals surface area (Å²) in [4.78, 5) is 17.6. The van der Waals surface area contributed by atoms with Gasteiger partial charge in [-0.25, -0.2) is 4.98 Å². The van der Waals surface area contributed by atoms with Crippen LogP contribution in [-0.4, -0.2) is 33.1 Å². The fourth-order valence-corrected chi connectivity index (χ4v) is 1.45. The highest BCUT2D eigenvalue weighted by Crippen LogP contribution is 2.20. The molecule has 1 heterocycles. The molecular formula is C10H17N5O3. The highest BCUT2D eigenvalue weighted by atomic mass is 16.6. The summed E-state index contributed by atoms with van der Waals surface area (Å²) < 4.78 is 0. The fourth-order valence-electron chi connectivity index (χ4n) is 1.45. The lowest BCUT2D eigenvalue weighted by Gasteiger charge is -2.06. The Morgan fingerprint density at radius 2 is 2.11 bits per heavy atom. The van der Waals surface area contributed by atoms with E-state index in [1.807, 2.05) is 0 Å². The molecule has 100 valence electrons. The van der Waals surface area contributed by atoms with Crippen molar-refractivity contribution in [3.8, 4) is 0 Å². The van der Waals surface area contributed by atoms with Gasteiger partial charge in [0.2, 0.25) is 11.8 Å². The van der Waals surface area contributed by atoms with Crippen molar-refractivity contribution in [2.45, 2.75) is 25.7 Å². The predicted molar refractivity (Wildman–Crippen MR) is 67.1 cm³/mol. The van der Waals surface area contributed by atoms with Crippen molar-refractivity contribution in [2.75, 3.05) is 24.2 Å². The molecule has 8 heteroatoms. The molecule has 1 aromatic heterocycles. The van der Waals surface area contributed by atoms with Gasteiger partial charge in [0.1, 0.15) is 6.20 Å². The third-order valence-corrected chi connectivity index (χ3v) is 2.36. The number of nitrogens with one attached hydrogen (secondary N) is 1. The zero-order valence-electron chi connectivity index (χ0n) is 10.0. The first kappa shape index (κ1) is 14.1. The van der Waals surface area contributed by atoms with Crippen LogP contribution >= 0.6 is 0 Å². The zero-order valence-corrected chi connectivity index (χ0v) is 10.0. The van der Waals surface area contributed by atoms with Crippen LogP contribution in [0, 0.1) is 10.1 Å². The third-order valence-electron chi connectivity index (χ3n) is 2.36. The van der Waals surface area contributed by atoms with Crippen molar-refractivity contribution >= 4 is 17.5 Å². The van der Waals surface area contributed by atoms with Gasteiger partial charge in [-0.05, 0) is 12.8 Å². The minimum Gasteiger partial charge on any atom is -0.396 e. The summed E-state index contributed by atoms with van der Waals surface area (Å²) in [6.07, 6.45) is 4.60. The van der Waals surface area contributed by atoms with Crippen LogP contribution in [0.2, 0.25) is 0 Å². The molecule has 0 fully saturated rings. The Labute approximate surface area is 104 Å². The number of aromatic nitrogens is 2. The molecule has 0 saturated heterocycles. The van der Waals surface area contributed by atoms with Gasteiger partial charge in [0, 0.05) is 13.2 Å². The van der Waals surface area contributed by atoms with Crippen molar-refractivity contribution in [3.63, 3.8) is 0 Å². The molecule has 0 amide bonds. The molecule has 18 heavy (non-hydrogen) atoms. The second-order valence-electron chi connectivity index (χ2n) is 3.78. The average molecular weight is 255 g/mol. The smallest absolute Gasteiger partial charge is 0.329 e.